The molecule has 4 aromatic rings. The van der Waals surface area contributed by atoms with Crippen molar-refractivity contribution in [2.24, 2.45) is 14.1 Å². The van der Waals surface area contributed by atoms with Crippen LogP contribution in [0.2, 0.25) is 0 Å². The van der Waals surface area contributed by atoms with Crippen molar-refractivity contribution in [3.8, 4) is 11.5 Å². The molecule has 0 unspecified atom stereocenters. The Morgan fingerprint density at radius 1 is 0.621 bits per heavy atom. The standard InChI is InChI=1S/C24H26N2O3/c1-25-11-3-5-19-17-21(7-9-23(19)25)28-15-13-27-14-16-29-22-8-10-24-20(18-22)6-4-12-26(24)2/h3-12,17-18H,13-16H2,1-2H3/q+2. The Kier molecular flexibility index (Phi) is 5.86. The van der Waals surface area contributed by atoms with Crippen LogP contribution in [0.4, 0.5) is 0 Å². The number of aromatic nitrogens is 2. The third-order valence-electron chi connectivity index (χ3n) is 4.92. The van der Waals surface area contributed by atoms with E-state index in [2.05, 4.69) is 45.5 Å². The third kappa shape index (κ3) is 4.63. The Labute approximate surface area is 170 Å². The fraction of sp³-hybridized carbons (Fsp3) is 0.250. The number of ether oxygens (including phenoxy) is 3. The molecule has 2 aromatic carbocycles. The van der Waals surface area contributed by atoms with Gasteiger partial charge in [0.1, 0.15) is 38.8 Å². The zero-order valence-electron chi connectivity index (χ0n) is 16.9. The summed E-state index contributed by atoms with van der Waals surface area (Å²) in [7, 11) is 4.08. The van der Waals surface area contributed by atoms with E-state index >= 15 is 0 Å². The molecule has 0 spiro atoms. The van der Waals surface area contributed by atoms with Crippen molar-refractivity contribution in [1.82, 2.24) is 0 Å². The Morgan fingerprint density at radius 3 is 1.59 bits per heavy atom. The number of rotatable bonds is 8. The summed E-state index contributed by atoms with van der Waals surface area (Å²) in [5, 5.41) is 2.32. The van der Waals surface area contributed by atoms with Gasteiger partial charge in [-0.3, -0.25) is 0 Å². The first-order valence-corrected chi connectivity index (χ1v) is 9.81. The highest BCUT2D eigenvalue weighted by atomic mass is 16.5. The highest BCUT2D eigenvalue weighted by molar-refractivity contribution is 5.77. The highest BCUT2D eigenvalue weighted by Crippen LogP contribution is 2.19. The summed E-state index contributed by atoms with van der Waals surface area (Å²) in [5.74, 6) is 1.71. The van der Waals surface area contributed by atoms with Crippen LogP contribution in [-0.2, 0) is 18.8 Å². The molecule has 0 saturated heterocycles. The van der Waals surface area contributed by atoms with Crippen molar-refractivity contribution >= 4 is 21.8 Å². The summed E-state index contributed by atoms with van der Waals surface area (Å²) in [4.78, 5) is 0. The summed E-state index contributed by atoms with van der Waals surface area (Å²) in [6, 6.07) is 20.5. The molecule has 0 saturated carbocycles. The summed E-state index contributed by atoms with van der Waals surface area (Å²) in [5.41, 5.74) is 2.35. The van der Waals surface area contributed by atoms with Crippen LogP contribution >= 0.6 is 0 Å². The van der Waals surface area contributed by atoms with Gasteiger partial charge in [0, 0.05) is 24.3 Å². The first-order valence-electron chi connectivity index (χ1n) is 9.81. The maximum Gasteiger partial charge on any atom is 0.212 e. The molecule has 2 aromatic heterocycles. The minimum absolute atomic E-state index is 0.511. The van der Waals surface area contributed by atoms with Crippen molar-refractivity contribution in [3.05, 3.63) is 73.1 Å². The average Bonchev–Trinajstić information content (AvgIpc) is 2.73. The maximum atomic E-state index is 5.80. The van der Waals surface area contributed by atoms with Crippen molar-refractivity contribution in [2.45, 2.75) is 0 Å². The van der Waals surface area contributed by atoms with Crippen LogP contribution in [0, 0.1) is 0 Å². The molecular weight excluding hydrogens is 364 g/mol. The number of pyridine rings is 2. The molecule has 0 N–H and O–H groups in total. The molecule has 5 heteroatoms. The van der Waals surface area contributed by atoms with E-state index in [4.69, 9.17) is 14.2 Å². The van der Waals surface area contributed by atoms with E-state index in [-0.39, 0.29) is 0 Å². The molecule has 0 radical (unpaired) electrons. The lowest BCUT2D eigenvalue weighted by Crippen LogP contribution is -2.27. The summed E-state index contributed by atoms with van der Waals surface area (Å²) < 4.78 is 21.4. The number of benzene rings is 2. The zero-order chi connectivity index (χ0) is 20.1. The van der Waals surface area contributed by atoms with E-state index in [0.29, 0.717) is 26.4 Å². The summed E-state index contributed by atoms with van der Waals surface area (Å²) >= 11 is 0. The molecule has 0 aliphatic carbocycles. The number of hydrogen-bond acceptors (Lipinski definition) is 3. The van der Waals surface area contributed by atoms with Crippen LogP contribution in [0.1, 0.15) is 0 Å². The normalized spacial score (nSPS) is 11.1. The van der Waals surface area contributed by atoms with Gasteiger partial charge in [0.15, 0.2) is 12.4 Å². The van der Waals surface area contributed by atoms with Crippen LogP contribution in [0.3, 0.4) is 0 Å². The minimum atomic E-state index is 0.511. The number of hydrogen-bond donors (Lipinski definition) is 0. The Bertz CT molecular complexity index is 1040. The Hall–Kier alpha value is -3.18. The van der Waals surface area contributed by atoms with Gasteiger partial charge in [-0.1, -0.05) is 0 Å². The second kappa shape index (κ2) is 8.88. The second-order valence-corrected chi connectivity index (χ2v) is 6.99. The molecule has 148 valence electrons. The van der Waals surface area contributed by atoms with Crippen molar-refractivity contribution < 1.29 is 23.3 Å². The first kappa shape index (κ1) is 19.2. The van der Waals surface area contributed by atoms with Crippen LogP contribution in [0.5, 0.6) is 11.5 Å². The van der Waals surface area contributed by atoms with Crippen LogP contribution < -0.4 is 18.6 Å². The van der Waals surface area contributed by atoms with Gasteiger partial charge in [0.2, 0.25) is 11.0 Å². The molecule has 2 heterocycles. The van der Waals surface area contributed by atoms with Gasteiger partial charge in [-0.25, -0.2) is 9.13 Å². The summed E-state index contributed by atoms with van der Waals surface area (Å²) in [6.45, 7) is 2.07. The van der Waals surface area contributed by atoms with Gasteiger partial charge in [-0.15, -0.1) is 0 Å². The largest absolute Gasteiger partial charge is 0.491 e. The van der Waals surface area contributed by atoms with Gasteiger partial charge in [0.05, 0.1) is 24.0 Å². The maximum absolute atomic E-state index is 5.80. The van der Waals surface area contributed by atoms with E-state index in [1.807, 2.05) is 50.8 Å². The lowest BCUT2D eigenvalue weighted by Gasteiger charge is -2.09. The van der Waals surface area contributed by atoms with Gasteiger partial charge in [-0.05, 0) is 36.4 Å². The Balaban J connectivity index is 1.19. The van der Waals surface area contributed by atoms with Crippen LogP contribution in [-0.4, -0.2) is 26.4 Å². The fourth-order valence-corrected chi connectivity index (χ4v) is 3.41. The van der Waals surface area contributed by atoms with E-state index < -0.39 is 0 Å². The smallest absolute Gasteiger partial charge is 0.212 e. The Morgan fingerprint density at radius 2 is 1.10 bits per heavy atom. The fourth-order valence-electron chi connectivity index (χ4n) is 3.41. The molecule has 29 heavy (non-hydrogen) atoms. The number of fused-ring (bicyclic) bond motifs is 2. The lowest BCUT2D eigenvalue weighted by molar-refractivity contribution is -0.645. The molecular formula is C24H26N2O3+2. The SMILES string of the molecule is C[n+]1cccc2cc(OCCOCCOc3ccc4c(ccc[n+]4C)c3)ccc21. The predicted molar refractivity (Wildman–Crippen MR) is 112 cm³/mol. The molecule has 4 rings (SSSR count). The van der Waals surface area contributed by atoms with Crippen LogP contribution in [0.25, 0.3) is 21.8 Å². The van der Waals surface area contributed by atoms with Crippen LogP contribution in [0.15, 0.2) is 73.1 Å². The molecule has 0 aliphatic heterocycles. The van der Waals surface area contributed by atoms with E-state index in [1.165, 1.54) is 11.0 Å². The molecule has 5 nitrogen and oxygen atoms in total. The third-order valence-corrected chi connectivity index (χ3v) is 4.92. The van der Waals surface area contributed by atoms with E-state index in [0.717, 1.165) is 22.3 Å². The molecule has 0 bridgehead atoms. The monoisotopic (exact) mass is 390 g/mol. The zero-order valence-corrected chi connectivity index (χ0v) is 16.9. The topological polar surface area (TPSA) is 35.5 Å². The lowest BCUT2D eigenvalue weighted by atomic mass is 10.2. The highest BCUT2D eigenvalue weighted by Gasteiger charge is 2.06. The predicted octanol–water partition coefficient (Wildman–Crippen LogP) is 3.12. The van der Waals surface area contributed by atoms with E-state index in [1.54, 1.807) is 0 Å². The van der Waals surface area contributed by atoms with Gasteiger partial charge in [0.25, 0.3) is 0 Å². The number of aryl methyl sites for hydroxylation is 2. The summed E-state index contributed by atoms with van der Waals surface area (Å²) in [6.07, 6.45) is 4.08. The van der Waals surface area contributed by atoms with E-state index in [9.17, 15) is 0 Å². The quantitative estimate of drug-likeness (QED) is 0.343. The average molecular weight is 390 g/mol. The first-order chi connectivity index (χ1) is 14.2. The minimum Gasteiger partial charge on any atom is -0.491 e. The van der Waals surface area contributed by atoms with Crippen molar-refractivity contribution in [2.75, 3.05) is 26.4 Å². The van der Waals surface area contributed by atoms with Gasteiger partial charge >= 0.3 is 0 Å². The molecule has 0 amide bonds. The van der Waals surface area contributed by atoms with Crippen molar-refractivity contribution in [3.63, 3.8) is 0 Å². The second-order valence-electron chi connectivity index (χ2n) is 6.99. The van der Waals surface area contributed by atoms with Gasteiger partial charge < -0.3 is 14.2 Å². The molecule has 0 aliphatic rings. The number of nitrogens with zero attached hydrogens (tertiary/aromatic N) is 2. The van der Waals surface area contributed by atoms with Gasteiger partial charge in [-0.2, -0.15) is 0 Å². The molecule has 0 atom stereocenters. The van der Waals surface area contributed by atoms with Crippen molar-refractivity contribution in [1.29, 1.82) is 0 Å². The molecule has 0 fully saturated rings.